The van der Waals surface area contributed by atoms with Crippen molar-refractivity contribution in [2.45, 2.75) is 38.5 Å². The lowest BCUT2D eigenvalue weighted by molar-refractivity contribution is 0.660. The van der Waals surface area contributed by atoms with Crippen molar-refractivity contribution in [2.75, 3.05) is 4.90 Å². The number of anilines is 3. The fourth-order valence-electron chi connectivity index (χ4n) is 10.6. The zero-order valence-electron chi connectivity index (χ0n) is 35.3. The number of fused-ring (bicyclic) bond motifs is 12. The molecule has 6 heteroatoms. The Hall–Kier alpha value is -7.41. The normalized spacial score (nSPS) is 14.3. The van der Waals surface area contributed by atoms with Crippen LogP contribution in [0.5, 0.6) is 0 Å². The fourth-order valence-corrected chi connectivity index (χ4v) is 11.7. The van der Waals surface area contributed by atoms with Crippen molar-refractivity contribution in [3.8, 4) is 45.0 Å². The van der Waals surface area contributed by atoms with Crippen LogP contribution in [0.1, 0.15) is 49.9 Å². The first-order chi connectivity index (χ1) is 30.7. The van der Waals surface area contributed by atoms with Gasteiger partial charge in [0.05, 0.1) is 11.4 Å². The van der Waals surface area contributed by atoms with E-state index in [0.717, 1.165) is 44.4 Å². The quantitative estimate of drug-likeness (QED) is 0.173. The van der Waals surface area contributed by atoms with Crippen LogP contribution >= 0.6 is 11.3 Å². The first-order valence-corrected chi connectivity index (χ1v) is 22.4. The van der Waals surface area contributed by atoms with Crippen molar-refractivity contribution >= 4 is 70.8 Å². The van der Waals surface area contributed by atoms with E-state index in [0.29, 0.717) is 17.6 Å². The van der Waals surface area contributed by atoms with Crippen molar-refractivity contribution in [1.82, 2.24) is 15.0 Å². The number of para-hydroxylation sites is 1. The molecule has 0 unspecified atom stereocenters. The predicted molar refractivity (Wildman–Crippen MR) is 261 cm³/mol. The molecule has 0 saturated heterocycles. The molecule has 300 valence electrons. The Kier molecular flexibility index (Phi) is 7.51. The van der Waals surface area contributed by atoms with E-state index in [2.05, 4.69) is 190 Å². The Bertz CT molecular complexity index is 3720. The Labute approximate surface area is 369 Å². The van der Waals surface area contributed by atoms with E-state index in [4.69, 9.17) is 19.4 Å². The van der Waals surface area contributed by atoms with Crippen LogP contribution in [0.3, 0.4) is 0 Å². The average Bonchev–Trinajstić information content (AvgIpc) is 4.01. The number of benzene rings is 8. The molecule has 0 aliphatic heterocycles. The third kappa shape index (κ3) is 5.25. The Morgan fingerprint density at radius 3 is 1.90 bits per heavy atom. The molecule has 5 nitrogen and oxygen atoms in total. The third-order valence-corrected chi connectivity index (χ3v) is 14.9. The van der Waals surface area contributed by atoms with Gasteiger partial charge in [0, 0.05) is 58.5 Å². The van der Waals surface area contributed by atoms with Gasteiger partial charge in [0.1, 0.15) is 11.2 Å². The summed E-state index contributed by atoms with van der Waals surface area (Å²) < 4.78 is 8.87. The monoisotopic (exact) mass is 828 g/mol. The number of hydrogen-bond donors (Lipinski definition) is 0. The summed E-state index contributed by atoms with van der Waals surface area (Å²) in [6, 6.07) is 61.0. The maximum absolute atomic E-state index is 6.38. The van der Waals surface area contributed by atoms with Crippen molar-refractivity contribution < 1.29 is 4.42 Å². The van der Waals surface area contributed by atoms with Crippen molar-refractivity contribution in [3.05, 3.63) is 192 Å². The minimum absolute atomic E-state index is 0.189. The number of furan rings is 1. The second-order valence-electron chi connectivity index (χ2n) is 18.0. The summed E-state index contributed by atoms with van der Waals surface area (Å²) in [4.78, 5) is 18.7. The van der Waals surface area contributed by atoms with E-state index in [1.807, 2.05) is 23.5 Å². The molecule has 0 spiro atoms. The highest BCUT2D eigenvalue weighted by atomic mass is 32.1. The van der Waals surface area contributed by atoms with E-state index in [1.54, 1.807) is 0 Å². The Morgan fingerprint density at radius 2 is 1.06 bits per heavy atom. The molecule has 0 saturated carbocycles. The molecule has 0 bridgehead atoms. The summed E-state index contributed by atoms with van der Waals surface area (Å²) in [6.45, 7) is 9.29. The van der Waals surface area contributed by atoms with Gasteiger partial charge in [0.25, 0.3) is 0 Å². The molecule has 2 aliphatic carbocycles. The highest BCUT2D eigenvalue weighted by Crippen LogP contribution is 2.55. The average molecular weight is 829 g/mol. The number of rotatable bonds is 5. The summed E-state index contributed by atoms with van der Waals surface area (Å²) in [5.41, 5.74) is 15.2. The van der Waals surface area contributed by atoms with Gasteiger partial charge < -0.3 is 4.42 Å². The summed E-state index contributed by atoms with van der Waals surface area (Å²) in [5.74, 6) is 1.77. The molecular formula is C57H40N4OS. The first-order valence-electron chi connectivity index (χ1n) is 21.6. The number of nitrogens with zero attached hydrogens (tertiary/aromatic N) is 4. The van der Waals surface area contributed by atoms with Gasteiger partial charge in [-0.3, -0.25) is 4.90 Å². The van der Waals surface area contributed by atoms with Crippen LogP contribution in [0.2, 0.25) is 0 Å². The standard InChI is InChI=1S/C57H40N4OS/c1-56(2)44-19-10-6-17-40(44)52-45(56)20-13-21-47(52)61(35-26-28-49-41(32-35)38-15-7-11-22-48(38)62-49)55-59-53(33-25-29-51-42(30-33)39-16-8-12-23-50(39)63-51)58-54(60-55)34-24-27-37-36-14-5-9-18-43(36)57(3,4)46(37)31-34/h5-32H,1-4H3. The van der Waals surface area contributed by atoms with E-state index in [9.17, 15) is 0 Å². The topological polar surface area (TPSA) is 55.1 Å². The molecule has 0 atom stereocenters. The third-order valence-electron chi connectivity index (χ3n) is 13.7. The molecule has 0 fully saturated rings. The van der Waals surface area contributed by atoms with Gasteiger partial charge in [-0.1, -0.05) is 137 Å². The van der Waals surface area contributed by atoms with Crippen LogP contribution in [-0.4, -0.2) is 15.0 Å². The molecule has 0 amide bonds. The first kappa shape index (κ1) is 36.3. The van der Waals surface area contributed by atoms with E-state index in [1.165, 1.54) is 64.7 Å². The van der Waals surface area contributed by atoms with Gasteiger partial charge in [-0.25, -0.2) is 4.98 Å². The molecule has 3 heterocycles. The Morgan fingerprint density at radius 1 is 0.444 bits per heavy atom. The van der Waals surface area contributed by atoms with Crippen molar-refractivity contribution in [3.63, 3.8) is 0 Å². The van der Waals surface area contributed by atoms with E-state index >= 15 is 0 Å². The summed E-state index contributed by atoms with van der Waals surface area (Å²) in [5, 5.41) is 4.53. The molecule has 3 aromatic heterocycles. The lowest BCUT2D eigenvalue weighted by Gasteiger charge is -2.27. The lowest BCUT2D eigenvalue weighted by atomic mass is 9.82. The fraction of sp³-hybridized carbons (Fsp3) is 0.105. The minimum atomic E-state index is -0.207. The van der Waals surface area contributed by atoms with Gasteiger partial charge in [-0.15, -0.1) is 11.3 Å². The smallest absolute Gasteiger partial charge is 0.238 e. The molecule has 0 N–H and O–H groups in total. The highest BCUT2D eigenvalue weighted by molar-refractivity contribution is 7.25. The number of aromatic nitrogens is 3. The second-order valence-corrected chi connectivity index (χ2v) is 19.1. The summed E-state index contributed by atoms with van der Waals surface area (Å²) in [6.07, 6.45) is 0. The second kappa shape index (κ2) is 13.1. The zero-order valence-corrected chi connectivity index (χ0v) is 36.1. The van der Waals surface area contributed by atoms with Crippen LogP contribution in [0.15, 0.2) is 174 Å². The van der Waals surface area contributed by atoms with E-state index in [-0.39, 0.29) is 10.8 Å². The summed E-state index contributed by atoms with van der Waals surface area (Å²) >= 11 is 1.81. The van der Waals surface area contributed by atoms with Gasteiger partial charge in [0.2, 0.25) is 5.95 Å². The number of hydrogen-bond acceptors (Lipinski definition) is 6. The summed E-state index contributed by atoms with van der Waals surface area (Å²) in [7, 11) is 0. The van der Waals surface area contributed by atoms with Gasteiger partial charge >= 0.3 is 0 Å². The van der Waals surface area contributed by atoms with Crippen molar-refractivity contribution in [2.24, 2.45) is 0 Å². The zero-order chi connectivity index (χ0) is 42.2. The van der Waals surface area contributed by atoms with Crippen molar-refractivity contribution in [1.29, 1.82) is 0 Å². The van der Waals surface area contributed by atoms with Gasteiger partial charge in [0.15, 0.2) is 11.6 Å². The van der Waals surface area contributed by atoms with Gasteiger partial charge in [-0.2, -0.15) is 9.97 Å². The van der Waals surface area contributed by atoms with Crippen LogP contribution in [0.4, 0.5) is 17.3 Å². The predicted octanol–water partition coefficient (Wildman–Crippen LogP) is 15.6. The molecular weight excluding hydrogens is 789 g/mol. The maximum Gasteiger partial charge on any atom is 0.238 e. The highest BCUT2D eigenvalue weighted by Gasteiger charge is 2.39. The largest absolute Gasteiger partial charge is 0.456 e. The maximum atomic E-state index is 6.38. The van der Waals surface area contributed by atoms with Gasteiger partial charge in [-0.05, 0) is 99.6 Å². The SMILES string of the molecule is CC1(C)c2ccccc2-c2ccc(-c3nc(-c4ccc5sc6ccccc6c5c4)nc(N(c4ccc5oc6ccccc6c5c4)c4cccc5c4-c4ccccc4C5(C)C)n3)cc21. The molecule has 0 radical (unpaired) electrons. The molecule has 2 aliphatic rings. The Balaban J connectivity index is 1.10. The molecule has 13 rings (SSSR count). The van der Waals surface area contributed by atoms with Crippen LogP contribution in [-0.2, 0) is 10.8 Å². The lowest BCUT2D eigenvalue weighted by Crippen LogP contribution is -2.18. The molecule has 63 heavy (non-hydrogen) atoms. The van der Waals surface area contributed by atoms with Crippen LogP contribution < -0.4 is 4.90 Å². The van der Waals surface area contributed by atoms with Crippen LogP contribution in [0, 0.1) is 0 Å². The van der Waals surface area contributed by atoms with Crippen LogP contribution in [0.25, 0.3) is 87.1 Å². The molecule has 11 aromatic rings. The van der Waals surface area contributed by atoms with E-state index < -0.39 is 0 Å². The minimum Gasteiger partial charge on any atom is -0.456 e. The number of thiophene rings is 1. The molecule has 8 aromatic carbocycles.